The zero-order valence-corrected chi connectivity index (χ0v) is 13.4. The van der Waals surface area contributed by atoms with E-state index in [0.717, 1.165) is 6.04 Å². The zero-order valence-electron chi connectivity index (χ0n) is 10.2. The normalized spacial score (nSPS) is 20.1. The van der Waals surface area contributed by atoms with Gasteiger partial charge in [-0.1, -0.05) is 24.3 Å². The van der Waals surface area contributed by atoms with E-state index < -0.39 is 14.1 Å². The highest BCUT2D eigenvalue weighted by atomic mass is 127. The third-order valence-electron chi connectivity index (χ3n) is 2.23. The molecule has 0 fully saturated rings. The molecule has 0 N–H and O–H groups in total. The molecule has 1 atom stereocenters. The fraction of sp³-hybridized carbons (Fsp3) is 0.778. The van der Waals surface area contributed by atoms with E-state index in [2.05, 4.69) is 24.7 Å². The van der Waals surface area contributed by atoms with E-state index in [4.69, 9.17) is 4.74 Å². The van der Waals surface area contributed by atoms with Crippen molar-refractivity contribution < 1.29 is 14.3 Å². The summed E-state index contributed by atoms with van der Waals surface area (Å²) < 4.78 is 7.44. The first-order valence-corrected chi connectivity index (χ1v) is 10.1. The van der Waals surface area contributed by atoms with Crippen molar-refractivity contribution in [3.63, 3.8) is 0 Å². The molecule has 0 aromatic rings. The molecule has 1 aliphatic rings. The van der Waals surface area contributed by atoms with E-state index in [0.29, 0.717) is 17.1 Å². The highest BCUT2D eigenvalue weighted by Crippen LogP contribution is 2.09. The number of hydrazone groups is 1. The molecule has 1 rings (SSSR count). The Morgan fingerprint density at radius 2 is 2.29 bits per heavy atom. The maximum absolute atomic E-state index is 10.6. The summed E-state index contributed by atoms with van der Waals surface area (Å²) in [7, 11) is -1.08. The minimum Gasteiger partial charge on any atom is -0.322 e. The van der Waals surface area contributed by atoms with Crippen LogP contribution in [0.25, 0.3) is 0 Å². The fourth-order valence-corrected chi connectivity index (χ4v) is 2.61. The van der Waals surface area contributed by atoms with Gasteiger partial charge in [0, 0.05) is 18.1 Å². The first-order chi connectivity index (χ1) is 7.79. The summed E-state index contributed by atoms with van der Waals surface area (Å²) in [5.74, 6) is 0. The monoisotopic (exact) mass is 370 g/mol. The van der Waals surface area contributed by atoms with Gasteiger partial charge in [-0.05, 0) is 28.6 Å². The number of hydrogen-bond acceptors (Lipinski definition) is 4. The Bertz CT molecular complexity index is 365. The van der Waals surface area contributed by atoms with Crippen LogP contribution in [-0.2, 0) is 4.74 Å². The van der Waals surface area contributed by atoms with Crippen LogP contribution in [0, 0.1) is 10.1 Å². The number of halogens is 1. The lowest BCUT2D eigenvalue weighted by atomic mass is 10.4. The molecule has 0 radical (unpaired) electrons. The topological polar surface area (TPSA) is 67.7 Å². The van der Waals surface area contributed by atoms with Gasteiger partial charge in [0.1, 0.15) is 0 Å². The minimum atomic E-state index is -1.08. The molecule has 0 amide bonds. The summed E-state index contributed by atoms with van der Waals surface area (Å²) in [5, 5.41) is 14.7. The van der Waals surface area contributed by atoms with Crippen molar-refractivity contribution in [1.29, 1.82) is 0 Å². The van der Waals surface area contributed by atoms with Crippen LogP contribution in [0.2, 0.25) is 25.7 Å². The summed E-state index contributed by atoms with van der Waals surface area (Å²) in [6.07, 6.45) is 1.48. The molecule has 1 unspecified atom stereocenters. The van der Waals surface area contributed by atoms with Crippen molar-refractivity contribution in [1.82, 2.24) is 0 Å². The molecule has 0 spiro atoms. The molecule has 0 bridgehead atoms. The second-order valence-electron chi connectivity index (χ2n) is 5.09. The molecule has 17 heavy (non-hydrogen) atoms. The van der Waals surface area contributed by atoms with E-state index in [1.807, 2.05) is 22.6 Å². The van der Waals surface area contributed by atoms with Gasteiger partial charge in [0.05, 0.1) is 6.61 Å². The van der Waals surface area contributed by atoms with Gasteiger partial charge < -0.3 is 4.74 Å². The van der Waals surface area contributed by atoms with Gasteiger partial charge in [-0.3, -0.25) is 10.1 Å². The predicted molar refractivity (Wildman–Crippen MR) is 77.5 cm³/mol. The Hall–Kier alpha value is -0.353. The lowest BCUT2D eigenvalue weighted by Crippen LogP contribution is -2.26. The van der Waals surface area contributed by atoms with Gasteiger partial charge in [0.25, 0.3) is 12.9 Å². The molecule has 6 nitrogen and oxygen atoms in total. The third kappa shape index (κ3) is 5.21. The summed E-state index contributed by atoms with van der Waals surface area (Å²) in [6, 6.07) is 0.275. The third-order valence-corrected chi connectivity index (χ3v) is 4.79. The smallest absolute Gasteiger partial charge is 0.322 e. The van der Waals surface area contributed by atoms with Gasteiger partial charge in [0.15, 0.2) is 0 Å². The fourth-order valence-electron chi connectivity index (χ4n) is 1.19. The van der Waals surface area contributed by atoms with Crippen LogP contribution in [-0.4, -0.2) is 47.0 Å². The Morgan fingerprint density at radius 3 is 2.76 bits per heavy atom. The van der Waals surface area contributed by atoms with E-state index >= 15 is 0 Å². The lowest BCUT2D eigenvalue weighted by molar-refractivity contribution is -0.571. The van der Waals surface area contributed by atoms with Crippen molar-refractivity contribution in [2.24, 2.45) is 5.10 Å². The maximum atomic E-state index is 10.6. The molecule has 1 heterocycles. The Kier molecular flexibility index (Phi) is 5.19. The standard InChI is InChI=1S/C9H17IN3O3Si/c1-17(2,3)5-4-16-7-12-6-8(13(14)15)9(10)11-12/h6,8H,4-5,7H2,1-3H3/q+1. The van der Waals surface area contributed by atoms with Crippen molar-refractivity contribution in [3.8, 4) is 0 Å². The quantitative estimate of drug-likeness (QED) is 0.179. The number of nitro groups is 1. The minimum absolute atomic E-state index is 0.293. The molecule has 0 saturated heterocycles. The Balaban J connectivity index is 2.35. The van der Waals surface area contributed by atoms with Crippen LogP contribution >= 0.6 is 22.6 Å². The number of rotatable bonds is 6. The van der Waals surface area contributed by atoms with E-state index in [9.17, 15) is 10.1 Å². The molecular weight excluding hydrogens is 353 g/mol. The number of hydrogen-bond donors (Lipinski definition) is 0. The molecule has 0 aliphatic carbocycles. The average molecular weight is 370 g/mol. The van der Waals surface area contributed by atoms with Gasteiger partial charge in [-0.15, -0.1) is 0 Å². The second kappa shape index (κ2) is 6.00. The Labute approximate surface area is 115 Å². The molecule has 0 aromatic carbocycles. The van der Waals surface area contributed by atoms with Crippen LogP contribution < -0.4 is 0 Å². The molecule has 8 heteroatoms. The van der Waals surface area contributed by atoms with Gasteiger partial charge in [-0.2, -0.15) is 0 Å². The van der Waals surface area contributed by atoms with Gasteiger partial charge in [-0.25, -0.2) is 0 Å². The van der Waals surface area contributed by atoms with E-state index in [1.54, 1.807) is 0 Å². The first kappa shape index (κ1) is 14.7. The molecule has 0 saturated carbocycles. The summed E-state index contributed by atoms with van der Waals surface area (Å²) >= 11 is 1.89. The van der Waals surface area contributed by atoms with Crippen molar-refractivity contribution in [2.45, 2.75) is 31.7 Å². The average Bonchev–Trinajstić information content (AvgIpc) is 2.53. The zero-order chi connectivity index (χ0) is 13.1. The second-order valence-corrected chi connectivity index (χ2v) is 11.8. The first-order valence-electron chi connectivity index (χ1n) is 5.36. The van der Waals surface area contributed by atoms with Crippen LogP contribution in [0.5, 0.6) is 0 Å². The largest absolute Gasteiger partial charge is 0.343 e. The van der Waals surface area contributed by atoms with Gasteiger partial charge in [0.2, 0.25) is 3.72 Å². The highest BCUT2D eigenvalue weighted by Gasteiger charge is 2.36. The van der Waals surface area contributed by atoms with E-state index in [-0.39, 0.29) is 4.92 Å². The molecular formula is C9H17IN3O3Si+. The van der Waals surface area contributed by atoms with Crippen molar-refractivity contribution in [3.05, 3.63) is 10.1 Å². The lowest BCUT2D eigenvalue weighted by Gasteiger charge is -2.13. The van der Waals surface area contributed by atoms with Gasteiger partial charge >= 0.3 is 6.04 Å². The van der Waals surface area contributed by atoms with Crippen molar-refractivity contribution in [2.75, 3.05) is 13.3 Å². The molecule has 96 valence electrons. The van der Waals surface area contributed by atoms with Crippen LogP contribution in [0.15, 0.2) is 5.10 Å². The van der Waals surface area contributed by atoms with Crippen LogP contribution in [0.4, 0.5) is 0 Å². The predicted octanol–water partition coefficient (Wildman–Crippen LogP) is 1.79. The SMILES string of the molecule is C[Si](C)(C)CCOC[N+]1=CC([N+](=O)[O-])C(I)=N1. The van der Waals surface area contributed by atoms with Crippen LogP contribution in [0.3, 0.4) is 0 Å². The summed E-state index contributed by atoms with van der Waals surface area (Å²) in [6.45, 7) is 7.82. The maximum Gasteiger partial charge on any atom is 0.343 e. The number of nitrogens with zero attached hydrogens (tertiary/aromatic N) is 3. The van der Waals surface area contributed by atoms with E-state index in [1.165, 1.54) is 10.9 Å². The summed E-state index contributed by atoms with van der Waals surface area (Å²) in [4.78, 5) is 10.3. The van der Waals surface area contributed by atoms with Crippen molar-refractivity contribution >= 4 is 40.6 Å². The molecule has 0 aromatic heterocycles. The number of ether oxygens (including phenoxy) is 1. The molecule has 1 aliphatic heterocycles. The summed E-state index contributed by atoms with van der Waals surface area (Å²) in [5.41, 5.74) is 0. The highest BCUT2D eigenvalue weighted by molar-refractivity contribution is 14.1. The van der Waals surface area contributed by atoms with Crippen LogP contribution in [0.1, 0.15) is 0 Å². The Morgan fingerprint density at radius 1 is 1.65 bits per heavy atom.